The van der Waals surface area contributed by atoms with E-state index in [0.29, 0.717) is 23.1 Å². The van der Waals surface area contributed by atoms with Gasteiger partial charge in [0.25, 0.3) is 0 Å². The highest BCUT2D eigenvalue weighted by atomic mass is 35.5. The van der Waals surface area contributed by atoms with Gasteiger partial charge in [-0.1, -0.05) is 36.0 Å². The molecule has 1 aliphatic rings. The molecule has 0 aromatic carbocycles. The van der Waals surface area contributed by atoms with Gasteiger partial charge in [0.2, 0.25) is 0 Å². The van der Waals surface area contributed by atoms with Crippen LogP contribution in [0.2, 0.25) is 10.0 Å². The van der Waals surface area contributed by atoms with Crippen molar-refractivity contribution in [1.29, 1.82) is 0 Å². The van der Waals surface area contributed by atoms with Crippen molar-refractivity contribution in [3.8, 4) is 0 Å². The summed E-state index contributed by atoms with van der Waals surface area (Å²) >= 11 is 12.3. The lowest BCUT2D eigenvalue weighted by Gasteiger charge is -2.25. The number of hydrogen-bond acceptors (Lipinski definition) is 4. The van der Waals surface area contributed by atoms with Gasteiger partial charge in [-0.25, -0.2) is 0 Å². The molecule has 6 heteroatoms. The van der Waals surface area contributed by atoms with E-state index in [1.54, 1.807) is 19.5 Å². The Labute approximate surface area is 129 Å². The molecule has 4 nitrogen and oxygen atoms in total. The molecule has 0 radical (unpaired) electrons. The lowest BCUT2D eigenvalue weighted by Crippen LogP contribution is -2.39. The maximum absolute atomic E-state index is 10.3. The SMILES string of the molecule is COC(CNCC1(O)CCCC1)c1c(Cl)cncc1Cl. The predicted octanol–water partition coefficient (Wildman–Crippen LogP) is 2.97. The summed E-state index contributed by atoms with van der Waals surface area (Å²) in [6, 6.07) is 0. The van der Waals surface area contributed by atoms with Gasteiger partial charge in [-0.2, -0.15) is 0 Å². The van der Waals surface area contributed by atoms with Gasteiger partial charge in [-0.05, 0) is 12.8 Å². The smallest absolute Gasteiger partial charge is 0.0975 e. The topological polar surface area (TPSA) is 54.4 Å². The molecular weight excluding hydrogens is 299 g/mol. The third-order valence-corrected chi connectivity index (χ3v) is 4.42. The Morgan fingerprint density at radius 2 is 1.95 bits per heavy atom. The third kappa shape index (κ3) is 3.83. The van der Waals surface area contributed by atoms with Crippen LogP contribution in [0.5, 0.6) is 0 Å². The van der Waals surface area contributed by atoms with E-state index in [4.69, 9.17) is 27.9 Å². The summed E-state index contributed by atoms with van der Waals surface area (Å²) in [6.07, 6.45) is 6.74. The Bertz CT molecular complexity index is 431. The number of methoxy groups -OCH3 is 1. The largest absolute Gasteiger partial charge is 0.389 e. The molecule has 0 bridgehead atoms. The number of ether oxygens (including phenoxy) is 1. The van der Waals surface area contributed by atoms with Crippen LogP contribution in [-0.4, -0.2) is 35.9 Å². The molecule has 0 spiro atoms. The molecule has 1 unspecified atom stereocenters. The summed E-state index contributed by atoms with van der Waals surface area (Å²) in [5.74, 6) is 0. The standard InChI is InChI=1S/C14H20Cl2N2O2/c1-20-12(13-10(15)6-17-7-11(13)16)8-18-9-14(19)4-2-3-5-14/h6-7,12,18-19H,2-5,8-9H2,1H3. The summed E-state index contributed by atoms with van der Waals surface area (Å²) in [7, 11) is 1.61. The van der Waals surface area contributed by atoms with E-state index < -0.39 is 5.60 Å². The van der Waals surface area contributed by atoms with Gasteiger partial charge in [0.15, 0.2) is 0 Å². The third-order valence-electron chi connectivity index (χ3n) is 3.81. The van der Waals surface area contributed by atoms with Crippen molar-refractivity contribution in [3.05, 3.63) is 28.0 Å². The van der Waals surface area contributed by atoms with Crippen LogP contribution in [0.3, 0.4) is 0 Å². The van der Waals surface area contributed by atoms with Gasteiger partial charge in [-0.3, -0.25) is 4.98 Å². The Hall–Kier alpha value is -0.390. The molecule has 1 fully saturated rings. The molecule has 20 heavy (non-hydrogen) atoms. The van der Waals surface area contributed by atoms with Crippen molar-refractivity contribution < 1.29 is 9.84 Å². The Balaban J connectivity index is 1.95. The van der Waals surface area contributed by atoms with Gasteiger partial charge in [-0.15, -0.1) is 0 Å². The second-order valence-electron chi connectivity index (χ2n) is 5.30. The number of rotatable bonds is 6. The lowest BCUT2D eigenvalue weighted by atomic mass is 10.0. The number of aliphatic hydroxyl groups is 1. The van der Waals surface area contributed by atoms with Crippen LogP contribution in [-0.2, 0) is 4.74 Å². The molecule has 1 saturated carbocycles. The van der Waals surface area contributed by atoms with E-state index in [9.17, 15) is 5.11 Å². The highest BCUT2D eigenvalue weighted by Gasteiger charge is 2.31. The molecule has 2 N–H and O–H groups in total. The highest BCUT2D eigenvalue weighted by molar-refractivity contribution is 6.35. The minimum atomic E-state index is -0.579. The second kappa shape index (κ2) is 7.05. The van der Waals surface area contributed by atoms with Crippen LogP contribution in [0.25, 0.3) is 0 Å². The van der Waals surface area contributed by atoms with Crippen LogP contribution >= 0.6 is 23.2 Å². The molecule has 1 aliphatic carbocycles. The number of pyridine rings is 1. The average molecular weight is 319 g/mol. The number of aromatic nitrogens is 1. The highest BCUT2D eigenvalue weighted by Crippen LogP contribution is 2.31. The molecule has 2 rings (SSSR count). The molecule has 0 saturated heterocycles. The first kappa shape index (κ1) is 16.0. The monoisotopic (exact) mass is 318 g/mol. The molecule has 1 aromatic rings. The first-order valence-electron chi connectivity index (χ1n) is 6.80. The van der Waals surface area contributed by atoms with Gasteiger partial charge in [0.05, 0.1) is 21.8 Å². The van der Waals surface area contributed by atoms with Crippen molar-refractivity contribution in [3.63, 3.8) is 0 Å². The molecule has 1 atom stereocenters. The molecule has 0 aliphatic heterocycles. The predicted molar refractivity (Wildman–Crippen MR) is 80.3 cm³/mol. The van der Waals surface area contributed by atoms with Crippen molar-refractivity contribution in [2.24, 2.45) is 0 Å². The fourth-order valence-corrected chi connectivity index (χ4v) is 3.29. The van der Waals surface area contributed by atoms with Gasteiger partial charge >= 0.3 is 0 Å². The second-order valence-corrected chi connectivity index (χ2v) is 6.12. The fraction of sp³-hybridized carbons (Fsp3) is 0.643. The van der Waals surface area contributed by atoms with Crippen molar-refractivity contribution in [2.75, 3.05) is 20.2 Å². The fourth-order valence-electron chi connectivity index (χ4n) is 2.68. The zero-order chi connectivity index (χ0) is 14.6. The lowest BCUT2D eigenvalue weighted by molar-refractivity contribution is 0.0398. The number of nitrogens with zero attached hydrogens (tertiary/aromatic N) is 1. The molecule has 112 valence electrons. The molecule has 0 amide bonds. The minimum Gasteiger partial charge on any atom is -0.389 e. The van der Waals surface area contributed by atoms with Gasteiger partial charge < -0.3 is 15.2 Å². The van der Waals surface area contributed by atoms with Gasteiger partial charge in [0, 0.05) is 38.2 Å². The van der Waals surface area contributed by atoms with Crippen molar-refractivity contribution in [1.82, 2.24) is 10.3 Å². The summed E-state index contributed by atoms with van der Waals surface area (Å²) in [5, 5.41) is 14.5. The average Bonchev–Trinajstić information content (AvgIpc) is 2.83. The van der Waals surface area contributed by atoms with Gasteiger partial charge in [0.1, 0.15) is 0 Å². The first-order valence-corrected chi connectivity index (χ1v) is 7.56. The summed E-state index contributed by atoms with van der Waals surface area (Å²) in [5.41, 5.74) is 0.154. The van der Waals surface area contributed by atoms with E-state index in [1.165, 1.54) is 0 Å². The number of halogens is 2. The van der Waals surface area contributed by atoms with E-state index in [0.717, 1.165) is 31.2 Å². The number of hydrogen-bond donors (Lipinski definition) is 2. The number of nitrogens with one attached hydrogen (secondary N) is 1. The van der Waals surface area contributed by atoms with Crippen LogP contribution < -0.4 is 5.32 Å². The summed E-state index contributed by atoms with van der Waals surface area (Å²) < 4.78 is 5.45. The minimum absolute atomic E-state index is 0.261. The maximum Gasteiger partial charge on any atom is 0.0975 e. The van der Waals surface area contributed by atoms with Crippen LogP contribution in [0.15, 0.2) is 12.4 Å². The Morgan fingerprint density at radius 3 is 2.50 bits per heavy atom. The normalized spacial score (nSPS) is 19.2. The van der Waals surface area contributed by atoms with Crippen LogP contribution in [0, 0.1) is 0 Å². The molecule has 1 heterocycles. The molecular formula is C14H20Cl2N2O2. The summed E-state index contributed by atoms with van der Waals surface area (Å²) in [6.45, 7) is 1.11. The van der Waals surface area contributed by atoms with Crippen LogP contribution in [0.4, 0.5) is 0 Å². The molecule has 1 aromatic heterocycles. The summed E-state index contributed by atoms with van der Waals surface area (Å²) in [4.78, 5) is 3.94. The zero-order valence-corrected chi connectivity index (χ0v) is 13.0. The maximum atomic E-state index is 10.3. The quantitative estimate of drug-likeness (QED) is 0.846. The Kier molecular flexibility index (Phi) is 5.64. The van der Waals surface area contributed by atoms with E-state index in [-0.39, 0.29) is 6.10 Å². The van der Waals surface area contributed by atoms with E-state index in [2.05, 4.69) is 10.3 Å². The Morgan fingerprint density at radius 1 is 1.35 bits per heavy atom. The first-order chi connectivity index (χ1) is 9.56. The zero-order valence-electron chi connectivity index (χ0n) is 11.5. The van der Waals surface area contributed by atoms with Crippen LogP contribution in [0.1, 0.15) is 37.4 Å². The van der Waals surface area contributed by atoms with E-state index in [1.807, 2.05) is 0 Å². The van der Waals surface area contributed by atoms with Crippen molar-refractivity contribution >= 4 is 23.2 Å². The van der Waals surface area contributed by atoms with E-state index >= 15 is 0 Å². The van der Waals surface area contributed by atoms with Crippen molar-refractivity contribution in [2.45, 2.75) is 37.4 Å².